The van der Waals surface area contributed by atoms with Gasteiger partial charge in [0.05, 0.1) is 19.4 Å². The first kappa shape index (κ1) is 18.3. The number of carbonyl (C=O) groups is 1. The topological polar surface area (TPSA) is 72.7 Å². The first-order valence-electron chi connectivity index (χ1n) is 9.04. The highest BCUT2D eigenvalue weighted by atomic mass is 16.5. The van der Waals surface area contributed by atoms with Gasteiger partial charge in [0, 0.05) is 13.2 Å². The van der Waals surface area contributed by atoms with E-state index in [2.05, 4.69) is 10.6 Å². The Kier molecular flexibility index (Phi) is 6.55. The summed E-state index contributed by atoms with van der Waals surface area (Å²) in [5, 5.41) is 6.00. The third-order valence-electron chi connectivity index (χ3n) is 4.43. The number of furan rings is 1. The van der Waals surface area contributed by atoms with Gasteiger partial charge in [0.1, 0.15) is 18.1 Å². The van der Waals surface area contributed by atoms with Crippen LogP contribution in [0.15, 0.2) is 47.1 Å². The second kappa shape index (κ2) is 9.29. The van der Waals surface area contributed by atoms with Crippen molar-refractivity contribution >= 4 is 6.03 Å². The summed E-state index contributed by atoms with van der Waals surface area (Å²) in [5.74, 6) is 2.15. The number of hydrogen-bond acceptors (Lipinski definition) is 4. The molecule has 6 nitrogen and oxygen atoms in total. The van der Waals surface area contributed by atoms with E-state index < -0.39 is 0 Å². The summed E-state index contributed by atoms with van der Waals surface area (Å²) in [5.41, 5.74) is 1.12. The van der Waals surface area contributed by atoms with Crippen molar-refractivity contribution in [3.8, 4) is 5.75 Å². The Morgan fingerprint density at radius 2 is 2.08 bits per heavy atom. The van der Waals surface area contributed by atoms with Crippen molar-refractivity contribution in [3.63, 3.8) is 0 Å². The SMILES string of the molecule is COc1ccc(C(NC(=O)NCCCOCc2ccco2)C2CC2)cc1. The standard InChI is InChI=1S/C20H26N2O4/c1-24-17-9-7-16(8-10-17)19(15-5-6-15)22-20(23)21-11-3-12-25-14-18-4-2-13-26-18/h2,4,7-10,13,15,19H,3,5-6,11-12,14H2,1H3,(H2,21,22,23). The smallest absolute Gasteiger partial charge is 0.315 e. The molecule has 2 N–H and O–H groups in total. The number of carbonyl (C=O) groups excluding carboxylic acids is 1. The molecule has 140 valence electrons. The molecule has 0 spiro atoms. The molecule has 3 rings (SSSR count). The first-order chi connectivity index (χ1) is 12.8. The second-order valence-corrected chi connectivity index (χ2v) is 6.47. The average Bonchev–Trinajstić information content (AvgIpc) is 3.38. The van der Waals surface area contributed by atoms with E-state index in [0.29, 0.717) is 25.7 Å². The van der Waals surface area contributed by atoms with Gasteiger partial charge in [0.25, 0.3) is 0 Å². The van der Waals surface area contributed by atoms with Crippen LogP contribution in [0, 0.1) is 5.92 Å². The van der Waals surface area contributed by atoms with Crippen molar-refractivity contribution in [1.29, 1.82) is 0 Å². The molecule has 1 fully saturated rings. The van der Waals surface area contributed by atoms with Gasteiger partial charge < -0.3 is 24.5 Å². The lowest BCUT2D eigenvalue weighted by molar-refractivity contribution is 0.104. The van der Waals surface area contributed by atoms with E-state index in [1.165, 1.54) is 0 Å². The molecule has 1 saturated carbocycles. The minimum atomic E-state index is -0.135. The molecule has 26 heavy (non-hydrogen) atoms. The van der Waals surface area contributed by atoms with E-state index >= 15 is 0 Å². The largest absolute Gasteiger partial charge is 0.497 e. The monoisotopic (exact) mass is 358 g/mol. The summed E-state index contributed by atoms with van der Waals surface area (Å²) >= 11 is 0. The van der Waals surface area contributed by atoms with E-state index in [-0.39, 0.29) is 12.1 Å². The van der Waals surface area contributed by atoms with Crippen LogP contribution in [-0.4, -0.2) is 26.3 Å². The fraction of sp³-hybridized carbons (Fsp3) is 0.450. The predicted octanol–water partition coefficient (Wildman–Crippen LogP) is 3.65. The molecule has 1 aromatic heterocycles. The van der Waals surface area contributed by atoms with Gasteiger partial charge in [-0.2, -0.15) is 0 Å². The second-order valence-electron chi connectivity index (χ2n) is 6.47. The zero-order chi connectivity index (χ0) is 18.2. The zero-order valence-electron chi connectivity index (χ0n) is 15.1. The molecule has 2 aromatic rings. The normalized spacial score (nSPS) is 14.7. The van der Waals surface area contributed by atoms with Crippen molar-refractivity contribution in [3.05, 3.63) is 54.0 Å². The molecule has 2 amide bonds. The van der Waals surface area contributed by atoms with Crippen LogP contribution in [0.5, 0.6) is 5.75 Å². The maximum absolute atomic E-state index is 12.2. The maximum atomic E-state index is 12.2. The van der Waals surface area contributed by atoms with Crippen molar-refractivity contribution in [2.75, 3.05) is 20.3 Å². The molecule has 0 bridgehead atoms. The number of amides is 2. The predicted molar refractivity (Wildman–Crippen MR) is 98.0 cm³/mol. The Bertz CT molecular complexity index is 666. The van der Waals surface area contributed by atoms with Crippen molar-refractivity contribution in [2.24, 2.45) is 5.92 Å². The third-order valence-corrected chi connectivity index (χ3v) is 4.43. The van der Waals surface area contributed by atoms with Crippen LogP contribution in [-0.2, 0) is 11.3 Å². The first-order valence-corrected chi connectivity index (χ1v) is 9.04. The molecular weight excluding hydrogens is 332 g/mol. The minimum absolute atomic E-state index is 0.0520. The van der Waals surface area contributed by atoms with Gasteiger partial charge in [-0.15, -0.1) is 0 Å². The molecular formula is C20H26N2O4. The Hall–Kier alpha value is -2.47. The minimum Gasteiger partial charge on any atom is -0.497 e. The molecule has 0 aliphatic heterocycles. The molecule has 6 heteroatoms. The van der Waals surface area contributed by atoms with Crippen molar-refractivity contribution in [1.82, 2.24) is 10.6 Å². The maximum Gasteiger partial charge on any atom is 0.315 e. The number of benzene rings is 1. The van der Waals surface area contributed by atoms with Crippen molar-refractivity contribution in [2.45, 2.75) is 31.9 Å². The van der Waals surface area contributed by atoms with Gasteiger partial charge in [-0.3, -0.25) is 0 Å². The van der Waals surface area contributed by atoms with E-state index in [1.54, 1.807) is 13.4 Å². The van der Waals surface area contributed by atoms with Crippen LogP contribution in [0.2, 0.25) is 0 Å². The van der Waals surface area contributed by atoms with Gasteiger partial charge >= 0.3 is 6.03 Å². The highest BCUT2D eigenvalue weighted by Gasteiger charge is 2.33. The lowest BCUT2D eigenvalue weighted by Gasteiger charge is -2.19. The number of methoxy groups -OCH3 is 1. The number of ether oxygens (including phenoxy) is 2. The fourth-order valence-electron chi connectivity index (χ4n) is 2.85. The summed E-state index contributed by atoms with van der Waals surface area (Å²) in [7, 11) is 1.65. The van der Waals surface area contributed by atoms with E-state index in [0.717, 1.165) is 36.3 Å². The van der Waals surface area contributed by atoms with Gasteiger partial charge in [-0.25, -0.2) is 4.79 Å². The molecule has 1 aliphatic carbocycles. The van der Waals surface area contributed by atoms with E-state index in [1.807, 2.05) is 36.4 Å². The van der Waals surface area contributed by atoms with Gasteiger partial charge in [0.15, 0.2) is 0 Å². The van der Waals surface area contributed by atoms with Crippen LogP contribution in [0.1, 0.15) is 36.6 Å². The van der Waals surface area contributed by atoms with E-state index in [9.17, 15) is 4.79 Å². The summed E-state index contributed by atoms with van der Waals surface area (Å²) in [6.07, 6.45) is 4.68. The fourth-order valence-corrected chi connectivity index (χ4v) is 2.85. The molecule has 1 aliphatic rings. The van der Waals surface area contributed by atoms with Crippen LogP contribution in [0.3, 0.4) is 0 Å². The van der Waals surface area contributed by atoms with Crippen LogP contribution in [0.25, 0.3) is 0 Å². The number of hydrogen-bond donors (Lipinski definition) is 2. The lowest BCUT2D eigenvalue weighted by Crippen LogP contribution is -2.39. The van der Waals surface area contributed by atoms with Gasteiger partial charge in [-0.1, -0.05) is 12.1 Å². The number of nitrogens with one attached hydrogen (secondary N) is 2. The zero-order valence-corrected chi connectivity index (χ0v) is 15.1. The Morgan fingerprint density at radius 1 is 1.27 bits per heavy atom. The quantitative estimate of drug-likeness (QED) is 0.636. The van der Waals surface area contributed by atoms with Crippen LogP contribution in [0.4, 0.5) is 4.79 Å². The average molecular weight is 358 g/mol. The summed E-state index contributed by atoms with van der Waals surface area (Å²) in [6.45, 7) is 1.61. The van der Waals surface area contributed by atoms with Gasteiger partial charge in [-0.05, 0) is 55.0 Å². The highest BCUT2D eigenvalue weighted by Crippen LogP contribution is 2.41. The molecule has 1 heterocycles. The molecule has 0 saturated heterocycles. The molecule has 1 atom stereocenters. The number of urea groups is 1. The van der Waals surface area contributed by atoms with E-state index in [4.69, 9.17) is 13.9 Å². The molecule has 1 aromatic carbocycles. The molecule has 1 unspecified atom stereocenters. The lowest BCUT2D eigenvalue weighted by atomic mass is 10.0. The number of rotatable bonds is 10. The Balaban J connectivity index is 1.36. The Labute approximate surface area is 153 Å². The Morgan fingerprint density at radius 3 is 2.73 bits per heavy atom. The van der Waals surface area contributed by atoms with Crippen LogP contribution >= 0.6 is 0 Å². The van der Waals surface area contributed by atoms with Gasteiger partial charge in [0.2, 0.25) is 0 Å². The summed E-state index contributed by atoms with van der Waals surface area (Å²) in [6, 6.07) is 11.5. The van der Waals surface area contributed by atoms with Crippen LogP contribution < -0.4 is 15.4 Å². The molecule has 0 radical (unpaired) electrons. The summed E-state index contributed by atoms with van der Waals surface area (Å²) in [4.78, 5) is 12.2. The van der Waals surface area contributed by atoms with Crippen molar-refractivity contribution < 1.29 is 18.7 Å². The third kappa shape index (κ3) is 5.52. The summed E-state index contributed by atoms with van der Waals surface area (Å²) < 4.78 is 15.9. The highest BCUT2D eigenvalue weighted by molar-refractivity contribution is 5.74.